The number of carbonyl (C=O) groups is 2. The van der Waals surface area contributed by atoms with Gasteiger partial charge in [0, 0.05) is 25.6 Å². The Morgan fingerprint density at radius 1 is 1.52 bits per heavy atom. The molecule has 0 fully saturated rings. The van der Waals surface area contributed by atoms with Crippen LogP contribution in [0.25, 0.3) is 5.69 Å². The highest BCUT2D eigenvalue weighted by Gasteiger charge is 2.19. The van der Waals surface area contributed by atoms with Crippen LogP contribution in [0.15, 0.2) is 30.7 Å². The third-order valence-electron chi connectivity index (χ3n) is 2.95. The molecule has 110 valence electrons. The first-order valence-electron chi connectivity index (χ1n) is 6.57. The van der Waals surface area contributed by atoms with E-state index < -0.39 is 0 Å². The van der Waals surface area contributed by atoms with Gasteiger partial charge in [0.2, 0.25) is 5.91 Å². The van der Waals surface area contributed by atoms with E-state index in [1.54, 1.807) is 29.3 Å². The van der Waals surface area contributed by atoms with Crippen molar-refractivity contribution in [2.24, 2.45) is 0 Å². The van der Waals surface area contributed by atoms with Crippen molar-refractivity contribution in [1.82, 2.24) is 14.8 Å². The van der Waals surface area contributed by atoms with Gasteiger partial charge in [-0.25, -0.2) is 4.68 Å². The zero-order chi connectivity index (χ0) is 15.2. The van der Waals surface area contributed by atoms with Crippen molar-refractivity contribution in [3.8, 4) is 5.69 Å². The van der Waals surface area contributed by atoms with Gasteiger partial charge in [-0.1, -0.05) is 11.6 Å². The second-order valence-corrected chi connectivity index (χ2v) is 4.66. The number of hydrogen-bond acceptors (Lipinski definition) is 4. The maximum atomic E-state index is 12.1. The average molecular weight is 307 g/mol. The van der Waals surface area contributed by atoms with Gasteiger partial charge in [-0.05, 0) is 19.1 Å². The van der Waals surface area contributed by atoms with Gasteiger partial charge in [0.05, 0.1) is 18.1 Å². The van der Waals surface area contributed by atoms with Crippen molar-refractivity contribution in [2.75, 3.05) is 11.4 Å². The third-order valence-corrected chi connectivity index (χ3v) is 3.22. The standard InChI is InChI=1S/C14H15ClN4O2/c1-2-18(13(21)6-4-8-20)12-10-19(17-14(12)15)11-5-3-7-16-9-11/h3,5,7-10H,2,4,6H2,1H3. The van der Waals surface area contributed by atoms with E-state index in [-0.39, 0.29) is 23.9 Å². The molecule has 7 heteroatoms. The maximum absolute atomic E-state index is 12.1. The summed E-state index contributed by atoms with van der Waals surface area (Å²) in [4.78, 5) is 28.0. The van der Waals surface area contributed by atoms with E-state index in [1.807, 2.05) is 13.0 Å². The van der Waals surface area contributed by atoms with Crippen LogP contribution < -0.4 is 4.90 Å². The molecule has 0 aromatic carbocycles. The van der Waals surface area contributed by atoms with Crippen molar-refractivity contribution < 1.29 is 9.59 Å². The summed E-state index contributed by atoms with van der Waals surface area (Å²) in [5.74, 6) is -0.155. The van der Waals surface area contributed by atoms with E-state index in [0.29, 0.717) is 12.2 Å². The zero-order valence-electron chi connectivity index (χ0n) is 11.6. The van der Waals surface area contributed by atoms with Crippen LogP contribution in [0, 0.1) is 0 Å². The molecule has 0 spiro atoms. The molecule has 0 radical (unpaired) electrons. The molecule has 0 bridgehead atoms. The van der Waals surface area contributed by atoms with Crippen LogP contribution in [0.1, 0.15) is 19.8 Å². The Balaban J connectivity index is 2.28. The molecule has 21 heavy (non-hydrogen) atoms. The van der Waals surface area contributed by atoms with Gasteiger partial charge in [-0.15, -0.1) is 0 Å². The average Bonchev–Trinajstić information content (AvgIpc) is 2.89. The maximum Gasteiger partial charge on any atom is 0.227 e. The van der Waals surface area contributed by atoms with Crippen molar-refractivity contribution >= 4 is 29.5 Å². The van der Waals surface area contributed by atoms with E-state index in [0.717, 1.165) is 12.0 Å². The number of rotatable bonds is 6. The topological polar surface area (TPSA) is 68.1 Å². The Morgan fingerprint density at radius 2 is 2.33 bits per heavy atom. The van der Waals surface area contributed by atoms with Crippen LogP contribution in [0.3, 0.4) is 0 Å². The molecule has 0 N–H and O–H groups in total. The fourth-order valence-corrected chi connectivity index (χ4v) is 2.18. The molecule has 2 heterocycles. The predicted octanol–water partition coefficient (Wildman–Crippen LogP) is 2.25. The molecular weight excluding hydrogens is 292 g/mol. The lowest BCUT2D eigenvalue weighted by Gasteiger charge is -2.18. The number of nitrogens with zero attached hydrogens (tertiary/aromatic N) is 4. The lowest BCUT2D eigenvalue weighted by molar-refractivity contribution is -0.120. The molecule has 1 amide bonds. The molecular formula is C14H15ClN4O2. The molecule has 0 saturated carbocycles. The van der Waals surface area contributed by atoms with E-state index in [1.165, 1.54) is 4.90 Å². The fraction of sp³-hybridized carbons (Fsp3) is 0.286. The SMILES string of the molecule is CCN(C(=O)CCC=O)c1cn(-c2cccnc2)nc1Cl. The number of hydrogen-bond donors (Lipinski definition) is 0. The van der Waals surface area contributed by atoms with Gasteiger partial charge in [0.25, 0.3) is 0 Å². The molecule has 0 saturated heterocycles. The van der Waals surface area contributed by atoms with E-state index in [4.69, 9.17) is 11.6 Å². The number of amides is 1. The first kappa shape index (κ1) is 15.2. The zero-order valence-corrected chi connectivity index (χ0v) is 12.3. The first-order valence-corrected chi connectivity index (χ1v) is 6.94. The van der Waals surface area contributed by atoms with Gasteiger partial charge in [0.15, 0.2) is 5.15 Å². The van der Waals surface area contributed by atoms with Crippen LogP contribution >= 0.6 is 11.6 Å². The quantitative estimate of drug-likeness (QED) is 0.768. The van der Waals surface area contributed by atoms with E-state index >= 15 is 0 Å². The number of aldehydes is 1. The second kappa shape index (κ2) is 6.99. The molecule has 2 aromatic rings. The smallest absolute Gasteiger partial charge is 0.227 e. The fourth-order valence-electron chi connectivity index (χ4n) is 1.94. The molecule has 2 rings (SSSR count). The summed E-state index contributed by atoms with van der Waals surface area (Å²) < 4.78 is 1.57. The van der Waals surface area contributed by atoms with Crippen LogP contribution in [0.5, 0.6) is 0 Å². The number of aromatic nitrogens is 3. The Labute approximate surface area is 127 Å². The number of halogens is 1. The van der Waals surface area contributed by atoms with E-state index in [2.05, 4.69) is 10.1 Å². The van der Waals surface area contributed by atoms with Crippen molar-refractivity contribution in [3.63, 3.8) is 0 Å². The highest BCUT2D eigenvalue weighted by atomic mass is 35.5. The highest BCUT2D eigenvalue weighted by Crippen LogP contribution is 2.26. The largest absolute Gasteiger partial charge is 0.308 e. The molecule has 2 aromatic heterocycles. The summed E-state index contributed by atoms with van der Waals surface area (Å²) in [7, 11) is 0. The molecule has 0 aliphatic heterocycles. The monoisotopic (exact) mass is 306 g/mol. The molecule has 0 unspecified atom stereocenters. The molecule has 0 aliphatic rings. The van der Waals surface area contributed by atoms with Gasteiger partial charge in [-0.2, -0.15) is 5.10 Å². The molecule has 0 aliphatic carbocycles. The van der Waals surface area contributed by atoms with E-state index in [9.17, 15) is 9.59 Å². The lowest BCUT2D eigenvalue weighted by atomic mass is 10.3. The van der Waals surface area contributed by atoms with Crippen molar-refractivity contribution in [2.45, 2.75) is 19.8 Å². The Morgan fingerprint density at radius 3 is 2.95 bits per heavy atom. The van der Waals surface area contributed by atoms with Gasteiger partial charge < -0.3 is 9.69 Å². The van der Waals surface area contributed by atoms with Crippen molar-refractivity contribution in [3.05, 3.63) is 35.9 Å². The minimum atomic E-state index is -0.155. The second-order valence-electron chi connectivity index (χ2n) is 4.30. The third kappa shape index (κ3) is 3.46. The minimum absolute atomic E-state index is 0.155. The number of anilines is 1. The normalized spacial score (nSPS) is 10.4. The van der Waals surface area contributed by atoms with Crippen LogP contribution in [-0.2, 0) is 9.59 Å². The van der Waals surface area contributed by atoms with Crippen LogP contribution in [-0.4, -0.2) is 33.5 Å². The highest BCUT2D eigenvalue weighted by molar-refractivity contribution is 6.32. The summed E-state index contributed by atoms with van der Waals surface area (Å²) in [5, 5.41) is 4.43. The summed E-state index contributed by atoms with van der Waals surface area (Å²) in [6.07, 6.45) is 6.08. The van der Waals surface area contributed by atoms with Gasteiger partial charge >= 0.3 is 0 Å². The van der Waals surface area contributed by atoms with Crippen LogP contribution in [0.2, 0.25) is 5.15 Å². The van der Waals surface area contributed by atoms with Gasteiger partial charge in [0.1, 0.15) is 12.0 Å². The predicted molar refractivity (Wildman–Crippen MR) is 79.7 cm³/mol. The first-order chi connectivity index (χ1) is 10.2. The Bertz CT molecular complexity index is 627. The summed E-state index contributed by atoms with van der Waals surface area (Å²) >= 11 is 6.13. The van der Waals surface area contributed by atoms with Crippen LogP contribution in [0.4, 0.5) is 5.69 Å². The number of pyridine rings is 1. The Hall–Kier alpha value is -2.21. The van der Waals surface area contributed by atoms with Gasteiger partial charge in [-0.3, -0.25) is 9.78 Å². The van der Waals surface area contributed by atoms with Crippen molar-refractivity contribution in [1.29, 1.82) is 0 Å². The summed E-state index contributed by atoms with van der Waals surface area (Å²) in [6.45, 7) is 2.30. The molecule has 0 atom stereocenters. The Kier molecular flexibility index (Phi) is 5.05. The molecule has 6 nitrogen and oxygen atoms in total. The summed E-state index contributed by atoms with van der Waals surface area (Å²) in [6, 6.07) is 3.63. The lowest BCUT2D eigenvalue weighted by Crippen LogP contribution is -2.30. The summed E-state index contributed by atoms with van der Waals surface area (Å²) in [5.41, 5.74) is 1.28. The minimum Gasteiger partial charge on any atom is -0.308 e. The number of carbonyl (C=O) groups excluding carboxylic acids is 2.